The van der Waals surface area contributed by atoms with E-state index in [2.05, 4.69) is 5.32 Å². The summed E-state index contributed by atoms with van der Waals surface area (Å²) < 4.78 is 40.5. The molecule has 39 heavy (non-hydrogen) atoms. The normalized spacial score (nSPS) is 13.4. The van der Waals surface area contributed by atoms with Gasteiger partial charge in [0.15, 0.2) is 11.5 Å². The van der Waals surface area contributed by atoms with Gasteiger partial charge >= 0.3 is 0 Å². The molecular formula is C31H30N2O5S. The van der Waals surface area contributed by atoms with Gasteiger partial charge in [-0.2, -0.15) is 0 Å². The lowest BCUT2D eigenvalue weighted by molar-refractivity contribution is 0.0940. The topological polar surface area (TPSA) is 84.9 Å². The van der Waals surface area contributed by atoms with E-state index in [0.717, 1.165) is 16.7 Å². The molecule has 1 atom stereocenters. The molecule has 4 aromatic carbocycles. The van der Waals surface area contributed by atoms with E-state index in [0.29, 0.717) is 30.4 Å². The zero-order valence-corrected chi connectivity index (χ0v) is 22.6. The monoisotopic (exact) mass is 542 g/mol. The van der Waals surface area contributed by atoms with Crippen molar-refractivity contribution in [3.05, 3.63) is 119 Å². The molecule has 1 aliphatic rings. The Morgan fingerprint density at radius 2 is 1.54 bits per heavy atom. The summed E-state index contributed by atoms with van der Waals surface area (Å²) in [7, 11) is -3.99. The van der Waals surface area contributed by atoms with E-state index in [4.69, 9.17) is 9.47 Å². The minimum Gasteiger partial charge on any atom is -0.486 e. The number of nitrogens with zero attached hydrogens (tertiary/aromatic N) is 1. The van der Waals surface area contributed by atoms with Gasteiger partial charge < -0.3 is 14.8 Å². The van der Waals surface area contributed by atoms with E-state index in [1.165, 1.54) is 4.31 Å². The van der Waals surface area contributed by atoms with Crippen LogP contribution >= 0.6 is 0 Å². The molecule has 0 aromatic heterocycles. The standard InChI is InChI=1S/C31H30N2O5S/c1-22-12-15-26(16-13-22)39(35,36)33(21-24-8-4-3-5-9-24)28-11-7-6-10-27(28)31(34)32-23(2)25-14-17-29-30(20-25)38-19-18-37-29/h3-17,20,23H,18-19,21H2,1-2H3,(H,32,34). The number of sulfonamides is 1. The van der Waals surface area contributed by atoms with Crippen LogP contribution in [0.4, 0.5) is 5.69 Å². The second-order valence-corrected chi connectivity index (χ2v) is 11.3. The summed E-state index contributed by atoms with van der Waals surface area (Å²) in [5.74, 6) is 0.926. The van der Waals surface area contributed by atoms with Crippen LogP contribution in [-0.2, 0) is 16.6 Å². The number of nitrogens with one attached hydrogen (secondary N) is 1. The van der Waals surface area contributed by atoms with Crippen LogP contribution in [0.5, 0.6) is 11.5 Å². The number of hydrogen-bond acceptors (Lipinski definition) is 5. The maximum Gasteiger partial charge on any atom is 0.264 e. The predicted octanol–water partition coefficient (Wildman–Crippen LogP) is 5.65. The molecule has 1 unspecified atom stereocenters. The third-order valence-corrected chi connectivity index (χ3v) is 8.38. The summed E-state index contributed by atoms with van der Waals surface area (Å²) >= 11 is 0. The zero-order chi connectivity index (χ0) is 27.4. The number of ether oxygens (including phenoxy) is 2. The lowest BCUT2D eigenvalue weighted by Gasteiger charge is -2.27. The molecule has 4 aromatic rings. The molecule has 1 heterocycles. The number of aryl methyl sites for hydroxylation is 1. The molecule has 0 saturated carbocycles. The number of benzene rings is 4. The van der Waals surface area contributed by atoms with E-state index in [1.54, 1.807) is 48.5 Å². The Morgan fingerprint density at radius 3 is 2.28 bits per heavy atom. The van der Waals surface area contributed by atoms with E-state index in [1.807, 2.05) is 62.4 Å². The summed E-state index contributed by atoms with van der Waals surface area (Å²) in [6.45, 7) is 4.81. The largest absolute Gasteiger partial charge is 0.486 e. The first-order chi connectivity index (χ1) is 18.8. The maximum absolute atomic E-state index is 14.0. The Labute approximate surface area is 229 Å². The van der Waals surface area contributed by atoms with Crippen molar-refractivity contribution in [2.75, 3.05) is 17.5 Å². The zero-order valence-electron chi connectivity index (χ0n) is 21.8. The summed E-state index contributed by atoms with van der Waals surface area (Å²) in [6.07, 6.45) is 0. The van der Waals surface area contributed by atoms with Crippen LogP contribution in [0.1, 0.15) is 40.0 Å². The molecule has 0 saturated heterocycles. The van der Waals surface area contributed by atoms with Crippen LogP contribution in [0.3, 0.4) is 0 Å². The smallest absolute Gasteiger partial charge is 0.264 e. The molecule has 200 valence electrons. The summed E-state index contributed by atoms with van der Waals surface area (Å²) in [6, 6.07) is 28.0. The molecule has 0 fully saturated rings. The molecule has 1 aliphatic heterocycles. The number of amides is 1. The summed E-state index contributed by atoms with van der Waals surface area (Å²) in [5.41, 5.74) is 3.16. The molecule has 5 rings (SSSR count). The fourth-order valence-corrected chi connectivity index (χ4v) is 5.93. The highest BCUT2D eigenvalue weighted by molar-refractivity contribution is 7.92. The van der Waals surface area contributed by atoms with E-state index in [-0.39, 0.29) is 29.0 Å². The quantitative estimate of drug-likeness (QED) is 0.311. The van der Waals surface area contributed by atoms with Crippen molar-refractivity contribution in [1.82, 2.24) is 5.32 Å². The van der Waals surface area contributed by atoms with Crippen LogP contribution in [0, 0.1) is 6.92 Å². The van der Waals surface area contributed by atoms with Crippen LogP contribution in [0.2, 0.25) is 0 Å². The summed E-state index contributed by atoms with van der Waals surface area (Å²) in [4.78, 5) is 13.8. The van der Waals surface area contributed by atoms with E-state index in [9.17, 15) is 13.2 Å². The lowest BCUT2D eigenvalue weighted by atomic mass is 10.1. The van der Waals surface area contributed by atoms with Gasteiger partial charge in [0, 0.05) is 0 Å². The average Bonchev–Trinajstić information content (AvgIpc) is 2.96. The molecule has 0 bridgehead atoms. The number of anilines is 1. The highest BCUT2D eigenvalue weighted by Crippen LogP contribution is 2.33. The summed E-state index contributed by atoms with van der Waals surface area (Å²) in [5, 5.41) is 3.02. The molecule has 7 nitrogen and oxygen atoms in total. The third-order valence-electron chi connectivity index (χ3n) is 6.61. The van der Waals surface area contributed by atoms with Crippen molar-refractivity contribution < 1.29 is 22.7 Å². The highest BCUT2D eigenvalue weighted by Gasteiger charge is 2.29. The molecular weight excluding hydrogens is 512 g/mol. The lowest BCUT2D eigenvalue weighted by Crippen LogP contribution is -2.34. The van der Waals surface area contributed by atoms with E-state index >= 15 is 0 Å². The van der Waals surface area contributed by atoms with Gasteiger partial charge in [-0.3, -0.25) is 9.10 Å². The second kappa shape index (κ2) is 11.2. The van der Waals surface area contributed by atoms with Crippen molar-refractivity contribution in [3.63, 3.8) is 0 Å². The van der Waals surface area contributed by atoms with Crippen LogP contribution in [0.25, 0.3) is 0 Å². The van der Waals surface area contributed by atoms with Crippen molar-refractivity contribution >= 4 is 21.6 Å². The molecule has 0 spiro atoms. The number of carbonyl (C=O) groups excluding carboxylic acids is 1. The van der Waals surface area contributed by atoms with Crippen molar-refractivity contribution in [1.29, 1.82) is 0 Å². The Bertz CT molecular complexity index is 1570. The third kappa shape index (κ3) is 5.76. The predicted molar refractivity (Wildman–Crippen MR) is 151 cm³/mol. The van der Waals surface area contributed by atoms with Crippen LogP contribution in [0.15, 0.2) is 102 Å². The first-order valence-corrected chi connectivity index (χ1v) is 14.2. The molecule has 0 radical (unpaired) electrons. The highest BCUT2D eigenvalue weighted by atomic mass is 32.2. The SMILES string of the molecule is Cc1ccc(S(=O)(=O)N(Cc2ccccc2)c2ccccc2C(=O)NC(C)c2ccc3c(c2)OCCO3)cc1. The molecule has 1 N–H and O–H groups in total. The van der Waals surface area contributed by atoms with Gasteiger partial charge in [-0.15, -0.1) is 0 Å². The molecule has 1 amide bonds. The van der Waals surface area contributed by atoms with Crippen molar-refractivity contribution in [3.8, 4) is 11.5 Å². The molecule has 0 aliphatic carbocycles. The van der Waals surface area contributed by atoms with Gasteiger partial charge in [-0.05, 0) is 61.4 Å². The number of fused-ring (bicyclic) bond motifs is 1. The van der Waals surface area contributed by atoms with Gasteiger partial charge in [0.2, 0.25) is 0 Å². The fourth-order valence-electron chi connectivity index (χ4n) is 4.46. The first-order valence-electron chi connectivity index (χ1n) is 12.8. The number of carbonyl (C=O) groups is 1. The van der Waals surface area contributed by atoms with Crippen molar-refractivity contribution in [2.45, 2.75) is 31.3 Å². The Morgan fingerprint density at radius 1 is 0.872 bits per heavy atom. The first kappa shape index (κ1) is 26.3. The number of para-hydroxylation sites is 1. The van der Waals surface area contributed by atoms with Gasteiger partial charge in [-0.25, -0.2) is 8.42 Å². The second-order valence-electron chi connectivity index (χ2n) is 9.43. The van der Waals surface area contributed by atoms with Crippen LogP contribution in [-0.4, -0.2) is 27.5 Å². The number of rotatable bonds is 8. The Hall–Kier alpha value is -4.30. The van der Waals surface area contributed by atoms with Gasteiger partial charge in [0.25, 0.3) is 15.9 Å². The van der Waals surface area contributed by atoms with Gasteiger partial charge in [0.1, 0.15) is 13.2 Å². The van der Waals surface area contributed by atoms with Crippen molar-refractivity contribution in [2.24, 2.45) is 0 Å². The van der Waals surface area contributed by atoms with E-state index < -0.39 is 10.0 Å². The molecule has 8 heteroatoms. The maximum atomic E-state index is 14.0. The fraction of sp³-hybridized carbons (Fsp3) is 0.194. The number of hydrogen-bond donors (Lipinski definition) is 1. The minimum atomic E-state index is -3.99. The minimum absolute atomic E-state index is 0.0685. The van der Waals surface area contributed by atoms with Gasteiger partial charge in [0.05, 0.1) is 28.7 Å². The Balaban J connectivity index is 1.49. The van der Waals surface area contributed by atoms with Gasteiger partial charge in [-0.1, -0.05) is 66.2 Å². The average molecular weight is 543 g/mol. The van der Waals surface area contributed by atoms with Crippen LogP contribution < -0.4 is 19.1 Å². The Kier molecular flexibility index (Phi) is 7.56.